The average molecular weight is 314 g/mol. The lowest BCUT2D eigenvalue weighted by molar-refractivity contribution is 0.277. The number of aliphatic hydroxyl groups is 1. The molecular weight excluding hydrogens is 302 g/mol. The molecule has 6 heteroatoms. The van der Waals surface area contributed by atoms with Gasteiger partial charge in [-0.3, -0.25) is 4.68 Å². The van der Waals surface area contributed by atoms with Crippen molar-refractivity contribution in [3.63, 3.8) is 0 Å². The van der Waals surface area contributed by atoms with Crippen LogP contribution in [0, 0.1) is 6.92 Å². The third-order valence-electron chi connectivity index (χ3n) is 2.36. The SMILES string of the molecule is Cc1nn(C)c(Sc2ncccc2Br)c1CO. The molecule has 1 N–H and O–H groups in total. The van der Waals surface area contributed by atoms with Gasteiger partial charge in [-0.05, 0) is 46.7 Å². The second-order valence-corrected chi connectivity index (χ2v) is 5.38. The minimum absolute atomic E-state index is 0.00748. The molecule has 0 bridgehead atoms. The molecule has 90 valence electrons. The molecule has 0 aliphatic rings. The smallest absolute Gasteiger partial charge is 0.116 e. The van der Waals surface area contributed by atoms with Crippen molar-refractivity contribution in [2.75, 3.05) is 0 Å². The van der Waals surface area contributed by atoms with Crippen LogP contribution in [0.2, 0.25) is 0 Å². The van der Waals surface area contributed by atoms with E-state index in [1.807, 2.05) is 26.1 Å². The number of aryl methyl sites for hydroxylation is 2. The predicted octanol–water partition coefficient (Wildman–Crippen LogP) is 2.53. The van der Waals surface area contributed by atoms with E-state index in [4.69, 9.17) is 0 Å². The van der Waals surface area contributed by atoms with Gasteiger partial charge >= 0.3 is 0 Å². The Kier molecular flexibility index (Phi) is 3.86. The Morgan fingerprint density at radius 2 is 2.29 bits per heavy atom. The van der Waals surface area contributed by atoms with Crippen LogP contribution in [-0.2, 0) is 13.7 Å². The molecule has 0 amide bonds. The van der Waals surface area contributed by atoms with Gasteiger partial charge in [0.2, 0.25) is 0 Å². The fourth-order valence-electron chi connectivity index (χ4n) is 1.53. The third-order valence-corrected chi connectivity index (χ3v) is 4.49. The van der Waals surface area contributed by atoms with Crippen molar-refractivity contribution in [3.05, 3.63) is 34.1 Å². The minimum atomic E-state index is -0.00748. The molecule has 4 nitrogen and oxygen atoms in total. The number of rotatable bonds is 3. The first-order valence-corrected chi connectivity index (χ1v) is 6.66. The van der Waals surface area contributed by atoms with Crippen LogP contribution >= 0.6 is 27.7 Å². The number of halogens is 1. The Morgan fingerprint density at radius 1 is 1.53 bits per heavy atom. The number of nitrogens with zero attached hydrogens (tertiary/aromatic N) is 3. The van der Waals surface area contributed by atoms with Crippen molar-refractivity contribution in [2.24, 2.45) is 7.05 Å². The molecule has 17 heavy (non-hydrogen) atoms. The fourth-order valence-corrected chi connectivity index (χ4v) is 3.00. The molecule has 2 aromatic heterocycles. The van der Waals surface area contributed by atoms with Gasteiger partial charge in [0.05, 0.1) is 16.8 Å². The zero-order valence-electron chi connectivity index (χ0n) is 9.51. The van der Waals surface area contributed by atoms with Crippen molar-refractivity contribution in [1.82, 2.24) is 14.8 Å². The van der Waals surface area contributed by atoms with Crippen molar-refractivity contribution >= 4 is 27.7 Å². The zero-order valence-corrected chi connectivity index (χ0v) is 11.9. The van der Waals surface area contributed by atoms with E-state index in [1.54, 1.807) is 10.9 Å². The maximum Gasteiger partial charge on any atom is 0.116 e. The Balaban J connectivity index is 2.40. The molecule has 0 atom stereocenters. The summed E-state index contributed by atoms with van der Waals surface area (Å²) in [6.45, 7) is 1.88. The van der Waals surface area contributed by atoms with Crippen molar-refractivity contribution < 1.29 is 5.11 Å². The van der Waals surface area contributed by atoms with Gasteiger partial charge in [0, 0.05) is 18.8 Å². The van der Waals surface area contributed by atoms with Crippen molar-refractivity contribution in [1.29, 1.82) is 0 Å². The largest absolute Gasteiger partial charge is 0.392 e. The van der Waals surface area contributed by atoms with Gasteiger partial charge in [-0.1, -0.05) is 0 Å². The number of hydrogen-bond acceptors (Lipinski definition) is 4. The van der Waals surface area contributed by atoms with Crippen molar-refractivity contribution in [2.45, 2.75) is 23.6 Å². The van der Waals surface area contributed by atoms with E-state index in [-0.39, 0.29) is 6.61 Å². The Labute approximate surface area is 112 Å². The first kappa shape index (κ1) is 12.6. The summed E-state index contributed by atoms with van der Waals surface area (Å²) in [5, 5.41) is 15.4. The standard InChI is InChI=1S/C11H12BrN3OS/c1-7-8(6-16)11(15(2)14-7)17-10-9(12)4-3-5-13-10/h3-5,16H,6H2,1-2H3. The highest BCUT2D eigenvalue weighted by atomic mass is 79.9. The maximum atomic E-state index is 9.36. The molecule has 0 saturated heterocycles. The quantitative estimate of drug-likeness (QED) is 0.946. The summed E-state index contributed by atoms with van der Waals surface area (Å²) in [5.74, 6) is 0. The van der Waals surface area contributed by atoms with Crippen LogP contribution in [0.5, 0.6) is 0 Å². The van der Waals surface area contributed by atoms with Crippen LogP contribution in [-0.4, -0.2) is 19.9 Å². The predicted molar refractivity (Wildman–Crippen MR) is 69.9 cm³/mol. The van der Waals surface area contributed by atoms with Crippen LogP contribution in [0.25, 0.3) is 0 Å². The lowest BCUT2D eigenvalue weighted by Gasteiger charge is -2.05. The van der Waals surface area contributed by atoms with E-state index in [0.29, 0.717) is 0 Å². The molecule has 0 unspecified atom stereocenters. The summed E-state index contributed by atoms with van der Waals surface area (Å²) in [4.78, 5) is 4.29. The van der Waals surface area contributed by atoms with E-state index < -0.39 is 0 Å². The molecule has 2 rings (SSSR count). The molecule has 0 radical (unpaired) electrons. The summed E-state index contributed by atoms with van der Waals surface area (Å²) in [7, 11) is 1.87. The van der Waals surface area contributed by atoms with Gasteiger partial charge < -0.3 is 5.11 Å². The molecule has 0 aliphatic carbocycles. The summed E-state index contributed by atoms with van der Waals surface area (Å²) < 4.78 is 2.71. The van der Waals surface area contributed by atoms with Gasteiger partial charge in [-0.25, -0.2) is 4.98 Å². The minimum Gasteiger partial charge on any atom is -0.392 e. The first-order valence-electron chi connectivity index (χ1n) is 5.05. The second-order valence-electron chi connectivity index (χ2n) is 3.54. The van der Waals surface area contributed by atoms with Gasteiger partial charge in [-0.15, -0.1) is 0 Å². The van der Waals surface area contributed by atoms with E-state index in [9.17, 15) is 5.11 Å². The van der Waals surface area contributed by atoms with Gasteiger partial charge in [0.15, 0.2) is 0 Å². The third kappa shape index (κ3) is 2.53. The molecule has 0 fully saturated rings. The van der Waals surface area contributed by atoms with E-state index in [2.05, 4.69) is 26.0 Å². The molecule has 0 spiro atoms. The fraction of sp³-hybridized carbons (Fsp3) is 0.273. The lowest BCUT2D eigenvalue weighted by Crippen LogP contribution is -1.94. The van der Waals surface area contributed by atoms with Gasteiger partial charge in [0.25, 0.3) is 0 Å². The lowest BCUT2D eigenvalue weighted by atomic mass is 10.3. The van der Waals surface area contributed by atoms with E-state index in [1.165, 1.54) is 11.8 Å². The highest BCUT2D eigenvalue weighted by molar-refractivity contribution is 9.10. The average Bonchev–Trinajstić information content (AvgIpc) is 2.56. The van der Waals surface area contributed by atoms with Crippen LogP contribution < -0.4 is 0 Å². The number of aromatic nitrogens is 3. The Hall–Kier alpha value is -0.850. The van der Waals surface area contributed by atoms with Crippen LogP contribution in [0.1, 0.15) is 11.3 Å². The second kappa shape index (κ2) is 5.20. The van der Waals surface area contributed by atoms with Crippen LogP contribution in [0.4, 0.5) is 0 Å². The number of hydrogen-bond donors (Lipinski definition) is 1. The molecule has 0 aromatic carbocycles. The summed E-state index contributed by atoms with van der Waals surface area (Å²) >= 11 is 4.95. The number of pyridine rings is 1. The van der Waals surface area contributed by atoms with Gasteiger partial charge in [0.1, 0.15) is 10.1 Å². The molecular formula is C11H12BrN3OS. The topological polar surface area (TPSA) is 50.9 Å². The highest BCUT2D eigenvalue weighted by Crippen LogP contribution is 2.34. The first-order chi connectivity index (χ1) is 8.13. The maximum absolute atomic E-state index is 9.36. The molecule has 2 heterocycles. The Bertz CT molecular complexity index is 542. The monoisotopic (exact) mass is 313 g/mol. The normalized spacial score (nSPS) is 10.8. The van der Waals surface area contributed by atoms with E-state index >= 15 is 0 Å². The Morgan fingerprint density at radius 3 is 2.94 bits per heavy atom. The highest BCUT2D eigenvalue weighted by Gasteiger charge is 2.15. The molecule has 0 saturated carbocycles. The van der Waals surface area contributed by atoms with Crippen LogP contribution in [0.15, 0.2) is 32.9 Å². The van der Waals surface area contributed by atoms with Crippen molar-refractivity contribution in [3.8, 4) is 0 Å². The zero-order chi connectivity index (χ0) is 12.4. The number of aliphatic hydroxyl groups excluding tert-OH is 1. The molecule has 2 aromatic rings. The van der Waals surface area contributed by atoms with Crippen LogP contribution in [0.3, 0.4) is 0 Å². The van der Waals surface area contributed by atoms with Gasteiger partial charge in [-0.2, -0.15) is 5.10 Å². The van der Waals surface area contributed by atoms with E-state index in [0.717, 1.165) is 25.8 Å². The summed E-state index contributed by atoms with van der Waals surface area (Å²) in [6, 6.07) is 3.81. The summed E-state index contributed by atoms with van der Waals surface area (Å²) in [6.07, 6.45) is 1.74. The summed E-state index contributed by atoms with van der Waals surface area (Å²) in [5.41, 5.74) is 1.71. The molecule has 0 aliphatic heterocycles.